The van der Waals surface area contributed by atoms with Crippen molar-refractivity contribution in [3.05, 3.63) is 41.4 Å². The van der Waals surface area contributed by atoms with Crippen molar-refractivity contribution in [1.82, 2.24) is 4.98 Å². The van der Waals surface area contributed by atoms with Gasteiger partial charge in [0, 0.05) is 12.3 Å². The third-order valence-corrected chi connectivity index (χ3v) is 3.28. The highest BCUT2D eigenvalue weighted by atomic mass is 32.1. The molecule has 0 aliphatic rings. The Labute approximate surface area is 120 Å². The summed E-state index contributed by atoms with van der Waals surface area (Å²) < 4.78 is 5.50. The van der Waals surface area contributed by atoms with Crippen LogP contribution in [0.25, 0.3) is 0 Å². The van der Waals surface area contributed by atoms with Crippen LogP contribution in [0.5, 0.6) is 5.75 Å². The first kappa shape index (κ1) is 14.2. The molecule has 1 unspecified atom stereocenters. The number of anilines is 1. The van der Waals surface area contributed by atoms with E-state index < -0.39 is 6.10 Å². The fourth-order valence-electron chi connectivity index (χ4n) is 1.46. The SMILES string of the molecule is CC(=O)c1csc(NC(=O)C(C)Oc2ccccc2)n1. The van der Waals surface area contributed by atoms with Crippen molar-refractivity contribution in [3.8, 4) is 5.75 Å². The summed E-state index contributed by atoms with van der Waals surface area (Å²) in [6.07, 6.45) is -0.651. The fraction of sp³-hybridized carbons (Fsp3) is 0.214. The van der Waals surface area contributed by atoms with Crippen LogP contribution in [-0.2, 0) is 4.79 Å². The van der Waals surface area contributed by atoms with Gasteiger partial charge < -0.3 is 4.74 Å². The second kappa shape index (κ2) is 6.29. The summed E-state index contributed by atoms with van der Waals surface area (Å²) in [5.74, 6) is 0.187. The van der Waals surface area contributed by atoms with Gasteiger partial charge in [-0.15, -0.1) is 11.3 Å². The molecule has 6 heteroatoms. The van der Waals surface area contributed by atoms with E-state index in [0.717, 1.165) is 0 Å². The monoisotopic (exact) mass is 290 g/mol. The average molecular weight is 290 g/mol. The van der Waals surface area contributed by atoms with Crippen molar-refractivity contribution in [3.63, 3.8) is 0 Å². The molecule has 0 radical (unpaired) electrons. The zero-order valence-electron chi connectivity index (χ0n) is 11.1. The Bertz CT molecular complexity index is 610. The molecule has 0 saturated heterocycles. The van der Waals surface area contributed by atoms with E-state index in [1.54, 1.807) is 24.4 Å². The van der Waals surface area contributed by atoms with Gasteiger partial charge in [0.25, 0.3) is 5.91 Å². The van der Waals surface area contributed by atoms with Crippen molar-refractivity contribution < 1.29 is 14.3 Å². The van der Waals surface area contributed by atoms with Crippen molar-refractivity contribution in [1.29, 1.82) is 0 Å². The summed E-state index contributed by atoms with van der Waals surface area (Å²) in [5.41, 5.74) is 0.349. The molecule has 0 saturated carbocycles. The summed E-state index contributed by atoms with van der Waals surface area (Å²) in [4.78, 5) is 27.1. The molecular formula is C14H14N2O3S. The van der Waals surface area contributed by atoms with Gasteiger partial charge in [-0.25, -0.2) is 4.98 Å². The number of rotatable bonds is 5. The average Bonchev–Trinajstić information content (AvgIpc) is 2.88. The molecule has 0 bridgehead atoms. The molecule has 2 rings (SSSR count). The Balaban J connectivity index is 1.95. The molecule has 0 spiro atoms. The number of hydrogen-bond acceptors (Lipinski definition) is 5. The van der Waals surface area contributed by atoms with E-state index in [-0.39, 0.29) is 11.7 Å². The summed E-state index contributed by atoms with van der Waals surface area (Å²) in [6.45, 7) is 3.09. The molecule has 5 nitrogen and oxygen atoms in total. The van der Waals surface area contributed by atoms with E-state index in [0.29, 0.717) is 16.6 Å². The number of ketones is 1. The highest BCUT2D eigenvalue weighted by molar-refractivity contribution is 7.14. The molecule has 104 valence electrons. The second-order valence-electron chi connectivity index (χ2n) is 4.16. The molecule has 0 aliphatic carbocycles. The number of carbonyl (C=O) groups is 2. The van der Waals surface area contributed by atoms with Crippen LogP contribution in [-0.4, -0.2) is 22.8 Å². The molecule has 1 atom stereocenters. The van der Waals surface area contributed by atoms with E-state index in [9.17, 15) is 9.59 Å². The van der Waals surface area contributed by atoms with E-state index in [1.165, 1.54) is 18.3 Å². The molecular weight excluding hydrogens is 276 g/mol. The number of Topliss-reactive ketones (excluding diaryl/α,β-unsaturated/α-hetero) is 1. The minimum absolute atomic E-state index is 0.129. The van der Waals surface area contributed by atoms with Crippen LogP contribution < -0.4 is 10.1 Å². The predicted molar refractivity (Wildman–Crippen MR) is 77.3 cm³/mol. The largest absolute Gasteiger partial charge is 0.481 e. The van der Waals surface area contributed by atoms with E-state index in [2.05, 4.69) is 10.3 Å². The van der Waals surface area contributed by atoms with Crippen molar-refractivity contribution >= 4 is 28.2 Å². The highest BCUT2D eigenvalue weighted by Gasteiger charge is 2.16. The highest BCUT2D eigenvalue weighted by Crippen LogP contribution is 2.17. The van der Waals surface area contributed by atoms with Crippen LogP contribution >= 0.6 is 11.3 Å². The Morgan fingerprint density at radius 1 is 1.30 bits per heavy atom. The Kier molecular flexibility index (Phi) is 4.47. The van der Waals surface area contributed by atoms with Gasteiger partial charge in [-0.2, -0.15) is 0 Å². The van der Waals surface area contributed by atoms with Gasteiger partial charge in [-0.1, -0.05) is 18.2 Å². The zero-order chi connectivity index (χ0) is 14.5. The maximum absolute atomic E-state index is 11.9. The van der Waals surface area contributed by atoms with Crippen molar-refractivity contribution in [2.24, 2.45) is 0 Å². The third-order valence-electron chi connectivity index (χ3n) is 2.52. The predicted octanol–water partition coefficient (Wildman–Crippen LogP) is 2.75. The molecule has 0 fully saturated rings. The second-order valence-corrected chi connectivity index (χ2v) is 5.01. The maximum atomic E-state index is 11.9. The lowest BCUT2D eigenvalue weighted by molar-refractivity contribution is -0.122. The van der Waals surface area contributed by atoms with Crippen LogP contribution in [0.3, 0.4) is 0 Å². The van der Waals surface area contributed by atoms with Crippen LogP contribution in [0.1, 0.15) is 24.3 Å². The Morgan fingerprint density at radius 3 is 2.60 bits per heavy atom. The minimum Gasteiger partial charge on any atom is -0.481 e. The van der Waals surface area contributed by atoms with Crippen LogP contribution in [0.15, 0.2) is 35.7 Å². The normalized spacial score (nSPS) is 11.7. The topological polar surface area (TPSA) is 68.3 Å². The molecule has 1 N–H and O–H groups in total. The third kappa shape index (κ3) is 3.64. The number of hydrogen-bond donors (Lipinski definition) is 1. The number of thiazole rings is 1. The van der Waals surface area contributed by atoms with Gasteiger partial charge in [-0.05, 0) is 19.1 Å². The van der Waals surface area contributed by atoms with E-state index in [4.69, 9.17) is 4.74 Å². The quantitative estimate of drug-likeness (QED) is 0.860. The van der Waals surface area contributed by atoms with Gasteiger partial charge in [0.15, 0.2) is 17.0 Å². The number of carbonyl (C=O) groups excluding carboxylic acids is 2. The van der Waals surface area contributed by atoms with Gasteiger partial charge in [0.2, 0.25) is 0 Å². The number of benzene rings is 1. The van der Waals surface area contributed by atoms with Gasteiger partial charge >= 0.3 is 0 Å². The van der Waals surface area contributed by atoms with Gasteiger partial charge in [0.1, 0.15) is 11.4 Å². The first-order chi connectivity index (χ1) is 9.56. The number of ether oxygens (including phenoxy) is 1. The summed E-state index contributed by atoms with van der Waals surface area (Å²) in [7, 11) is 0. The lowest BCUT2D eigenvalue weighted by atomic mass is 10.3. The van der Waals surface area contributed by atoms with Crippen molar-refractivity contribution in [2.75, 3.05) is 5.32 Å². The number of para-hydroxylation sites is 1. The number of nitrogens with zero attached hydrogens (tertiary/aromatic N) is 1. The Morgan fingerprint density at radius 2 is 2.00 bits per heavy atom. The first-order valence-electron chi connectivity index (χ1n) is 6.05. The summed E-state index contributed by atoms with van der Waals surface area (Å²) in [5, 5.41) is 4.63. The molecule has 0 aliphatic heterocycles. The molecule has 20 heavy (non-hydrogen) atoms. The van der Waals surface area contributed by atoms with Gasteiger partial charge in [-0.3, -0.25) is 14.9 Å². The molecule has 1 aromatic carbocycles. The molecule has 1 amide bonds. The fourth-order valence-corrected chi connectivity index (χ4v) is 2.21. The van der Waals surface area contributed by atoms with Crippen LogP contribution in [0.2, 0.25) is 0 Å². The molecule has 2 aromatic rings. The minimum atomic E-state index is -0.651. The van der Waals surface area contributed by atoms with Gasteiger partial charge in [0.05, 0.1) is 0 Å². The summed E-state index contributed by atoms with van der Waals surface area (Å²) in [6, 6.07) is 9.10. The smallest absolute Gasteiger partial charge is 0.266 e. The molecule has 1 heterocycles. The Hall–Kier alpha value is -2.21. The summed E-state index contributed by atoms with van der Waals surface area (Å²) >= 11 is 1.21. The standard InChI is InChI=1S/C14H14N2O3S/c1-9(17)12-8-20-14(15-12)16-13(18)10(2)19-11-6-4-3-5-7-11/h3-8,10H,1-2H3,(H,15,16,18). The number of nitrogens with one attached hydrogen (secondary N) is 1. The lowest BCUT2D eigenvalue weighted by Gasteiger charge is -2.13. The lowest BCUT2D eigenvalue weighted by Crippen LogP contribution is -2.30. The van der Waals surface area contributed by atoms with Crippen LogP contribution in [0, 0.1) is 0 Å². The van der Waals surface area contributed by atoms with Crippen molar-refractivity contribution in [2.45, 2.75) is 20.0 Å². The number of amides is 1. The maximum Gasteiger partial charge on any atom is 0.266 e. The first-order valence-corrected chi connectivity index (χ1v) is 6.93. The van der Waals surface area contributed by atoms with Crippen LogP contribution in [0.4, 0.5) is 5.13 Å². The van der Waals surface area contributed by atoms with E-state index in [1.807, 2.05) is 18.2 Å². The zero-order valence-corrected chi connectivity index (χ0v) is 11.9. The van der Waals surface area contributed by atoms with E-state index >= 15 is 0 Å². The number of aromatic nitrogens is 1. The molecule has 1 aromatic heterocycles.